The summed E-state index contributed by atoms with van der Waals surface area (Å²) in [4.78, 5) is 24.0. The summed E-state index contributed by atoms with van der Waals surface area (Å²) >= 11 is 12.0. The highest BCUT2D eigenvalue weighted by molar-refractivity contribution is 6.42. The number of amides is 1. The zero-order chi connectivity index (χ0) is 24.5. The summed E-state index contributed by atoms with van der Waals surface area (Å²) in [5, 5.41) is 0.720. The van der Waals surface area contributed by atoms with Crippen LogP contribution in [0.25, 0.3) is 11.3 Å². The number of pyridine rings is 1. The number of likely N-dealkylation sites (tertiary alicyclic amines) is 1. The van der Waals surface area contributed by atoms with Crippen molar-refractivity contribution in [1.82, 2.24) is 9.88 Å². The average molecular weight is 512 g/mol. The van der Waals surface area contributed by atoms with Crippen LogP contribution in [-0.2, 0) is 6.42 Å². The van der Waals surface area contributed by atoms with Crippen LogP contribution >= 0.6 is 23.2 Å². The topological polar surface area (TPSA) is 58.7 Å². The number of piperidine rings is 1. The second-order valence-electron chi connectivity index (χ2n) is 9.19. The molecule has 1 unspecified atom stereocenters. The van der Waals surface area contributed by atoms with Crippen molar-refractivity contribution in [3.8, 4) is 11.3 Å². The Kier molecular flexibility index (Phi) is 6.51. The van der Waals surface area contributed by atoms with Crippen LogP contribution in [0.5, 0.6) is 0 Å². The Morgan fingerprint density at radius 1 is 1.11 bits per heavy atom. The maximum atomic E-state index is 16.1. The molecule has 1 fully saturated rings. The number of halogens is 3. The lowest BCUT2D eigenvalue weighted by Gasteiger charge is -2.40. The molecule has 0 aliphatic carbocycles. The first-order chi connectivity index (χ1) is 16.8. The third-order valence-electron chi connectivity index (χ3n) is 6.67. The van der Waals surface area contributed by atoms with Crippen LogP contribution < -0.4 is 0 Å². The third-order valence-corrected chi connectivity index (χ3v) is 7.41. The van der Waals surface area contributed by atoms with Gasteiger partial charge in [0.1, 0.15) is 5.67 Å². The molecule has 5 rings (SSSR count). The lowest BCUT2D eigenvalue weighted by Crippen LogP contribution is -2.48. The van der Waals surface area contributed by atoms with Gasteiger partial charge >= 0.3 is 0 Å². The second-order valence-corrected chi connectivity index (χ2v) is 10.0. The molecule has 2 aliphatic heterocycles. The summed E-state index contributed by atoms with van der Waals surface area (Å²) in [6.45, 7) is 0.653. The standard InChI is InChI=1S/C27H24Cl2FN3O2/c28-22-6-5-19(15-23(22)29)25(34)33-12-9-26(30,10-13-33)18-27(8-2-11-31-27)16-21-3-1-4-24(32-21)20-7-14-35-17-20/h1-8,11,14-15,17H,9-10,12-13,16,18H2. The van der Waals surface area contributed by atoms with Crippen molar-refractivity contribution in [1.29, 1.82) is 0 Å². The minimum atomic E-state index is -1.44. The SMILES string of the molecule is O=C(c1ccc(Cl)c(Cl)c1)N1CCC(F)(CC2(Cc3cccc(-c4ccoc4)n3)C=CC=N2)CC1. The molecule has 1 aromatic carbocycles. The van der Waals surface area contributed by atoms with E-state index in [1.807, 2.05) is 36.4 Å². The molecule has 1 atom stereocenters. The highest BCUT2D eigenvalue weighted by atomic mass is 35.5. The van der Waals surface area contributed by atoms with Crippen molar-refractivity contribution in [3.05, 3.63) is 88.4 Å². The zero-order valence-electron chi connectivity index (χ0n) is 19.0. The molecule has 1 amide bonds. The van der Waals surface area contributed by atoms with E-state index in [4.69, 9.17) is 32.6 Å². The number of rotatable bonds is 6. The minimum Gasteiger partial charge on any atom is -0.472 e. The van der Waals surface area contributed by atoms with Gasteiger partial charge in [-0.3, -0.25) is 14.8 Å². The molecular formula is C27H24Cl2FN3O2. The first-order valence-electron chi connectivity index (χ1n) is 11.5. The van der Waals surface area contributed by atoms with Gasteiger partial charge in [-0.1, -0.05) is 35.3 Å². The monoisotopic (exact) mass is 511 g/mol. The number of hydrogen-bond donors (Lipinski definition) is 0. The van der Waals surface area contributed by atoms with Gasteiger partial charge in [0.25, 0.3) is 5.91 Å². The first-order valence-corrected chi connectivity index (χ1v) is 12.3. The molecule has 0 spiro atoms. The van der Waals surface area contributed by atoms with Gasteiger partial charge in [0.15, 0.2) is 0 Å². The van der Waals surface area contributed by atoms with E-state index >= 15 is 4.39 Å². The number of nitrogens with zero attached hydrogens (tertiary/aromatic N) is 3. The maximum absolute atomic E-state index is 16.1. The highest BCUT2D eigenvalue weighted by Crippen LogP contribution is 2.40. The van der Waals surface area contributed by atoms with E-state index in [0.29, 0.717) is 35.1 Å². The van der Waals surface area contributed by atoms with Crippen molar-refractivity contribution in [2.75, 3.05) is 13.1 Å². The molecule has 3 aromatic rings. The molecule has 35 heavy (non-hydrogen) atoms. The number of benzene rings is 1. The van der Waals surface area contributed by atoms with E-state index in [9.17, 15) is 4.79 Å². The van der Waals surface area contributed by atoms with Crippen molar-refractivity contribution < 1.29 is 13.6 Å². The summed E-state index contributed by atoms with van der Waals surface area (Å²) in [5.41, 5.74) is 0.848. The lowest BCUT2D eigenvalue weighted by molar-refractivity contribution is 0.0322. The van der Waals surface area contributed by atoms with Crippen molar-refractivity contribution in [2.45, 2.75) is 36.9 Å². The lowest BCUT2D eigenvalue weighted by atomic mass is 9.78. The Morgan fingerprint density at radius 3 is 2.63 bits per heavy atom. The van der Waals surface area contributed by atoms with Gasteiger partial charge in [0.05, 0.1) is 33.8 Å². The molecule has 0 bridgehead atoms. The van der Waals surface area contributed by atoms with E-state index < -0.39 is 11.2 Å². The van der Waals surface area contributed by atoms with Gasteiger partial charge in [-0.2, -0.15) is 0 Å². The summed E-state index contributed by atoms with van der Waals surface area (Å²) < 4.78 is 21.3. The van der Waals surface area contributed by atoms with Gasteiger partial charge < -0.3 is 9.32 Å². The number of carbonyl (C=O) groups is 1. The van der Waals surface area contributed by atoms with Crippen molar-refractivity contribution >= 4 is 35.3 Å². The Balaban J connectivity index is 1.27. The average Bonchev–Trinajstić information content (AvgIpc) is 3.54. The molecule has 1 saturated heterocycles. The van der Waals surface area contributed by atoms with Crippen LogP contribution in [0.2, 0.25) is 10.0 Å². The number of alkyl halides is 1. The number of aromatic nitrogens is 1. The number of carbonyl (C=O) groups excluding carboxylic acids is 1. The van der Waals surface area contributed by atoms with Gasteiger partial charge in [-0.05, 0) is 55.3 Å². The zero-order valence-corrected chi connectivity index (χ0v) is 20.5. The summed E-state index contributed by atoms with van der Waals surface area (Å²) in [6.07, 6.45) is 10.0. The van der Waals surface area contributed by atoms with Crippen LogP contribution in [0.1, 0.15) is 35.3 Å². The number of aliphatic imine (C=N–C) groups is 1. The molecule has 0 radical (unpaired) electrons. The predicted octanol–water partition coefficient (Wildman–Crippen LogP) is 6.60. The largest absolute Gasteiger partial charge is 0.472 e. The van der Waals surface area contributed by atoms with Gasteiger partial charge in [0.2, 0.25) is 0 Å². The summed E-state index contributed by atoms with van der Waals surface area (Å²) in [6, 6.07) is 12.5. The van der Waals surface area contributed by atoms with Crippen LogP contribution in [-0.4, -0.2) is 46.3 Å². The molecule has 2 aromatic heterocycles. The predicted molar refractivity (Wildman–Crippen MR) is 136 cm³/mol. The Hall–Kier alpha value is -2.96. The third kappa shape index (κ3) is 5.19. The molecule has 5 nitrogen and oxygen atoms in total. The first kappa shape index (κ1) is 23.8. The van der Waals surface area contributed by atoms with Crippen LogP contribution in [0.3, 0.4) is 0 Å². The fourth-order valence-electron chi connectivity index (χ4n) is 4.84. The van der Waals surface area contributed by atoms with Crippen molar-refractivity contribution in [3.63, 3.8) is 0 Å². The number of hydrogen-bond acceptors (Lipinski definition) is 4. The Labute approximate surface area is 213 Å². The summed E-state index contributed by atoms with van der Waals surface area (Å²) in [7, 11) is 0. The quantitative estimate of drug-likeness (QED) is 0.374. The molecule has 180 valence electrons. The normalized spacial score (nSPS) is 20.9. The fraction of sp³-hybridized carbons (Fsp3) is 0.296. The molecule has 4 heterocycles. The van der Waals surface area contributed by atoms with Crippen molar-refractivity contribution in [2.24, 2.45) is 4.99 Å². The van der Waals surface area contributed by atoms with Gasteiger partial charge in [-0.25, -0.2) is 4.39 Å². The minimum absolute atomic E-state index is 0.167. The molecule has 0 N–H and O–H groups in total. The van der Waals surface area contributed by atoms with Crippen LogP contribution in [0, 0.1) is 0 Å². The fourth-order valence-corrected chi connectivity index (χ4v) is 5.14. The molecule has 2 aliphatic rings. The Bertz CT molecular complexity index is 1270. The maximum Gasteiger partial charge on any atom is 0.253 e. The van der Waals surface area contributed by atoms with E-state index in [1.54, 1.807) is 41.8 Å². The van der Waals surface area contributed by atoms with E-state index in [0.717, 1.165) is 17.0 Å². The van der Waals surface area contributed by atoms with E-state index in [2.05, 4.69) is 4.99 Å². The number of allylic oxidation sites excluding steroid dienone is 1. The van der Waals surface area contributed by atoms with Gasteiger partial charge in [0, 0.05) is 49.0 Å². The molecule has 8 heteroatoms. The van der Waals surface area contributed by atoms with Crippen LogP contribution in [0.15, 0.2) is 76.6 Å². The number of furan rings is 1. The van der Waals surface area contributed by atoms with Crippen LogP contribution in [0.4, 0.5) is 4.39 Å². The highest BCUT2D eigenvalue weighted by Gasteiger charge is 2.44. The van der Waals surface area contributed by atoms with E-state index in [1.165, 1.54) is 0 Å². The second kappa shape index (κ2) is 9.59. The van der Waals surface area contributed by atoms with Gasteiger partial charge in [-0.15, -0.1) is 0 Å². The van der Waals surface area contributed by atoms with E-state index in [-0.39, 0.29) is 25.2 Å². The summed E-state index contributed by atoms with van der Waals surface area (Å²) in [5.74, 6) is -0.167. The Morgan fingerprint density at radius 2 is 1.94 bits per heavy atom. The molecular weight excluding hydrogens is 488 g/mol. The molecule has 0 saturated carbocycles. The smallest absolute Gasteiger partial charge is 0.253 e.